The first-order chi connectivity index (χ1) is 30.3. The fourth-order valence-corrected chi connectivity index (χ4v) is 6.08. The van der Waals surface area contributed by atoms with Crippen LogP contribution in [-0.4, -0.2) is 100 Å². The van der Waals surface area contributed by atoms with E-state index in [1.54, 1.807) is 0 Å². The summed E-state index contributed by atoms with van der Waals surface area (Å²) in [7, 11) is 0. The molecule has 17 heteroatoms. The van der Waals surface area contributed by atoms with Gasteiger partial charge in [0.1, 0.15) is 39.6 Å². The quantitative estimate of drug-likeness (QED) is 0.0328. The Morgan fingerprint density at radius 2 is 0.754 bits per heavy atom. The van der Waals surface area contributed by atoms with Gasteiger partial charge in [-0.2, -0.15) is 0 Å². The highest BCUT2D eigenvalue weighted by atomic mass is 16.6. The summed E-state index contributed by atoms with van der Waals surface area (Å²) in [5, 5.41) is 11.5. The van der Waals surface area contributed by atoms with Gasteiger partial charge in [-0.1, -0.05) is 75.0 Å². The van der Waals surface area contributed by atoms with E-state index < -0.39 is 58.5 Å². The maximum Gasteiger partial charge on any atom is 0.407 e. The third-order valence-electron chi connectivity index (χ3n) is 10.2. The Morgan fingerprint density at radius 1 is 0.477 bits per heavy atom. The molecule has 0 aliphatic carbocycles. The number of alkyl carbamates (subject to hydrolysis) is 4. The first-order valence-corrected chi connectivity index (χ1v) is 21.7. The minimum Gasteiger partial charge on any atom is -0.459 e. The smallest absolute Gasteiger partial charge is 0.407 e. The second-order valence-corrected chi connectivity index (χ2v) is 17.7. The van der Waals surface area contributed by atoms with Gasteiger partial charge in [-0.05, 0) is 104 Å². The first-order valence-electron chi connectivity index (χ1n) is 21.7. The van der Waals surface area contributed by atoms with Crippen LogP contribution in [0, 0.1) is 0 Å². The molecular formula is C48H71N5O12. The predicted molar refractivity (Wildman–Crippen MR) is 246 cm³/mol. The first kappa shape index (κ1) is 55.0. The van der Waals surface area contributed by atoms with Crippen LogP contribution in [0.4, 0.5) is 19.2 Å². The number of ether oxygens (including phenoxy) is 6. The fourth-order valence-electron chi connectivity index (χ4n) is 6.08. The minimum absolute atomic E-state index is 0.0977. The number of unbranched alkanes of at least 4 members (excludes halogenated alkanes) is 1. The Balaban J connectivity index is 1.89. The summed E-state index contributed by atoms with van der Waals surface area (Å²) in [4.78, 5) is 76.3. The van der Waals surface area contributed by atoms with Crippen LogP contribution in [0.1, 0.15) is 111 Å². The van der Waals surface area contributed by atoms with Gasteiger partial charge in [0.2, 0.25) is 0 Å². The molecule has 0 saturated heterocycles. The lowest BCUT2D eigenvalue weighted by molar-refractivity contribution is -0.140. The lowest BCUT2D eigenvalue weighted by Gasteiger charge is -2.31. The number of carbonyl (C=O) groups excluding carboxylic acids is 6. The number of hydrogen-bond acceptors (Lipinski definition) is 13. The highest BCUT2D eigenvalue weighted by Gasteiger charge is 2.30. The van der Waals surface area contributed by atoms with E-state index in [-0.39, 0.29) is 50.8 Å². The lowest BCUT2D eigenvalue weighted by atomic mass is 9.87. The monoisotopic (exact) mass is 910 g/mol. The Bertz CT molecular complexity index is 1840. The Labute approximate surface area is 384 Å². The SMILES string of the molecule is C=C(C)C(=O)OCCOC(=O)NC(C)(C)c1cccc(C(C)(C)NC(=O)OCCN(CCCC)CCOC(=O)NC(C)(C)c2cccc(C(C)(C)NC(=O)OCCOC(=O)C(=C)C)c2)c1. The van der Waals surface area contributed by atoms with E-state index in [0.717, 1.165) is 35.1 Å². The number of nitrogens with one attached hydrogen (secondary N) is 4. The van der Waals surface area contributed by atoms with E-state index in [0.29, 0.717) is 19.6 Å². The van der Waals surface area contributed by atoms with Gasteiger partial charge in [-0.3, -0.25) is 4.90 Å². The van der Waals surface area contributed by atoms with Crippen molar-refractivity contribution < 1.29 is 57.2 Å². The van der Waals surface area contributed by atoms with Gasteiger partial charge < -0.3 is 49.7 Å². The van der Waals surface area contributed by atoms with Crippen LogP contribution in [0.3, 0.4) is 0 Å². The van der Waals surface area contributed by atoms with Crippen molar-refractivity contribution in [1.82, 2.24) is 26.2 Å². The summed E-state index contributed by atoms with van der Waals surface area (Å²) in [5.74, 6) is -1.13. The zero-order valence-electron chi connectivity index (χ0n) is 40.2. The van der Waals surface area contributed by atoms with E-state index in [4.69, 9.17) is 28.4 Å². The molecule has 2 aromatic carbocycles. The van der Waals surface area contributed by atoms with E-state index >= 15 is 0 Å². The van der Waals surface area contributed by atoms with Crippen molar-refractivity contribution in [2.45, 2.75) is 111 Å². The van der Waals surface area contributed by atoms with E-state index in [1.165, 1.54) is 13.8 Å². The van der Waals surface area contributed by atoms with Crippen LogP contribution in [-0.2, 0) is 60.2 Å². The second kappa shape index (κ2) is 25.4. The molecule has 0 saturated carbocycles. The van der Waals surface area contributed by atoms with Gasteiger partial charge in [0, 0.05) is 24.2 Å². The van der Waals surface area contributed by atoms with Crippen molar-refractivity contribution in [3.8, 4) is 0 Å². The van der Waals surface area contributed by atoms with Crippen LogP contribution in [0.2, 0.25) is 0 Å². The normalized spacial score (nSPS) is 11.7. The standard InChI is InChI=1S/C48H71N5O12/c1-14-15-22-53(23-25-62-41(56)49-45(6,7)35-18-16-20-37(31-35)47(10,11)51-43(58)64-29-27-60-39(54)33(2)3)24-26-63-42(57)50-46(8,9)36-19-17-21-38(32-36)48(12,13)52-44(59)65-30-28-61-40(55)34(4)5/h16-21,31-32H,2,4,14-15,22-30H2,1,3,5-13H3,(H,49,56)(H,50,57)(H,51,58)(H,52,59). The average molecular weight is 910 g/mol. The molecule has 17 nitrogen and oxygen atoms in total. The highest BCUT2D eigenvalue weighted by Crippen LogP contribution is 2.28. The van der Waals surface area contributed by atoms with Crippen molar-refractivity contribution >= 4 is 36.3 Å². The van der Waals surface area contributed by atoms with Crippen LogP contribution in [0.15, 0.2) is 72.8 Å². The highest BCUT2D eigenvalue weighted by molar-refractivity contribution is 5.87. The molecule has 0 spiro atoms. The van der Waals surface area contributed by atoms with Crippen molar-refractivity contribution in [3.63, 3.8) is 0 Å². The number of amides is 4. The van der Waals surface area contributed by atoms with Crippen molar-refractivity contribution in [2.24, 2.45) is 0 Å². The van der Waals surface area contributed by atoms with Crippen molar-refractivity contribution in [3.05, 3.63) is 95.1 Å². The number of carbonyl (C=O) groups is 6. The molecule has 4 amide bonds. The molecule has 0 unspecified atom stereocenters. The summed E-state index contributed by atoms with van der Waals surface area (Å²) in [6.45, 7) is 28.1. The molecule has 0 fully saturated rings. The van der Waals surface area contributed by atoms with Crippen LogP contribution < -0.4 is 21.3 Å². The number of benzene rings is 2. The molecule has 0 aliphatic heterocycles. The molecule has 0 aliphatic rings. The van der Waals surface area contributed by atoms with Gasteiger partial charge in [-0.15, -0.1) is 0 Å². The van der Waals surface area contributed by atoms with Crippen LogP contribution >= 0.6 is 0 Å². The maximum atomic E-state index is 13.0. The summed E-state index contributed by atoms with van der Waals surface area (Å²) in [6, 6.07) is 14.9. The molecule has 2 aromatic rings. The van der Waals surface area contributed by atoms with Crippen molar-refractivity contribution in [1.29, 1.82) is 0 Å². The Hall–Kier alpha value is -6.10. The van der Waals surface area contributed by atoms with E-state index in [1.807, 2.05) is 104 Å². The summed E-state index contributed by atoms with van der Waals surface area (Å²) in [5.41, 5.74) is 0.172. The molecule has 0 atom stereocenters. The zero-order valence-corrected chi connectivity index (χ0v) is 40.2. The third-order valence-corrected chi connectivity index (χ3v) is 10.2. The number of hydrogen-bond donors (Lipinski definition) is 4. The lowest BCUT2D eigenvalue weighted by Crippen LogP contribution is -2.44. The van der Waals surface area contributed by atoms with E-state index in [2.05, 4.69) is 46.2 Å². The Kier molecular flexibility index (Phi) is 21.5. The topological polar surface area (TPSA) is 209 Å². The summed E-state index contributed by atoms with van der Waals surface area (Å²) < 4.78 is 31.5. The average Bonchev–Trinajstić information content (AvgIpc) is 3.22. The molecule has 0 aromatic heterocycles. The molecule has 360 valence electrons. The predicted octanol–water partition coefficient (Wildman–Crippen LogP) is 7.57. The summed E-state index contributed by atoms with van der Waals surface area (Å²) >= 11 is 0. The minimum atomic E-state index is -0.851. The number of esters is 2. The van der Waals surface area contributed by atoms with E-state index in [9.17, 15) is 28.8 Å². The van der Waals surface area contributed by atoms with Gasteiger partial charge in [0.05, 0.1) is 22.2 Å². The van der Waals surface area contributed by atoms with Gasteiger partial charge in [-0.25, -0.2) is 28.8 Å². The molecule has 65 heavy (non-hydrogen) atoms. The molecule has 4 N–H and O–H groups in total. The maximum absolute atomic E-state index is 13.0. The fraction of sp³-hybridized carbons (Fsp3) is 0.542. The molecular weight excluding hydrogens is 839 g/mol. The molecule has 0 radical (unpaired) electrons. The number of nitrogens with zero attached hydrogens (tertiary/aromatic N) is 1. The Morgan fingerprint density at radius 3 is 1.03 bits per heavy atom. The van der Waals surface area contributed by atoms with Gasteiger partial charge >= 0.3 is 36.3 Å². The third kappa shape index (κ3) is 19.7. The second-order valence-electron chi connectivity index (χ2n) is 17.7. The van der Waals surface area contributed by atoms with Crippen LogP contribution in [0.25, 0.3) is 0 Å². The van der Waals surface area contributed by atoms with Gasteiger partial charge in [0.25, 0.3) is 0 Å². The summed E-state index contributed by atoms with van der Waals surface area (Å²) in [6.07, 6.45) is -0.744. The van der Waals surface area contributed by atoms with Crippen LogP contribution in [0.5, 0.6) is 0 Å². The van der Waals surface area contributed by atoms with Gasteiger partial charge in [0.15, 0.2) is 0 Å². The largest absolute Gasteiger partial charge is 0.459 e. The zero-order chi connectivity index (χ0) is 49.0. The molecule has 2 rings (SSSR count). The molecule has 0 bridgehead atoms. The van der Waals surface area contributed by atoms with Crippen molar-refractivity contribution in [2.75, 3.05) is 59.3 Å². The number of rotatable bonds is 25. The molecule has 0 heterocycles.